The van der Waals surface area contributed by atoms with Crippen LogP contribution in [-0.2, 0) is 16.0 Å². The van der Waals surface area contributed by atoms with E-state index in [9.17, 15) is 19.7 Å². The second-order valence-electron chi connectivity index (χ2n) is 8.11. The SMILES string of the molecule is CCC(C)N1C(=O)C2(Cc3cc([N+](=O)[O-])ccc3N3CCCCC32)C(=O)NC1=S. The van der Waals surface area contributed by atoms with Gasteiger partial charge in [-0.1, -0.05) is 6.92 Å². The van der Waals surface area contributed by atoms with Crippen molar-refractivity contribution in [3.63, 3.8) is 0 Å². The maximum absolute atomic E-state index is 13.8. The fourth-order valence-corrected chi connectivity index (χ4v) is 5.32. The Morgan fingerprint density at radius 2 is 2.14 bits per heavy atom. The standard InChI is InChI=1S/C20H24N4O4S/c1-3-12(2)23-18(26)20(17(25)21-19(23)29)11-13-10-14(24(27)28)7-8-15(13)22-9-5-4-6-16(20)22/h7-8,10,12,16H,3-6,9,11H2,1-2H3,(H,21,25,29). The maximum Gasteiger partial charge on any atom is 0.269 e. The molecule has 9 heteroatoms. The van der Waals surface area contributed by atoms with Crippen LogP contribution < -0.4 is 10.2 Å². The van der Waals surface area contributed by atoms with Gasteiger partial charge in [-0.3, -0.25) is 24.6 Å². The van der Waals surface area contributed by atoms with Crippen molar-refractivity contribution in [3.8, 4) is 0 Å². The minimum absolute atomic E-state index is 0.0349. The van der Waals surface area contributed by atoms with Crippen molar-refractivity contribution in [1.29, 1.82) is 0 Å². The van der Waals surface area contributed by atoms with Crippen LogP contribution in [0, 0.1) is 15.5 Å². The molecular formula is C20H24N4O4S. The van der Waals surface area contributed by atoms with E-state index in [-0.39, 0.29) is 41.1 Å². The number of carbonyl (C=O) groups is 2. The van der Waals surface area contributed by atoms with Gasteiger partial charge in [0.2, 0.25) is 11.8 Å². The van der Waals surface area contributed by atoms with Crippen molar-refractivity contribution in [2.75, 3.05) is 11.4 Å². The second kappa shape index (κ2) is 7.05. The first kappa shape index (κ1) is 19.8. The first-order valence-electron chi connectivity index (χ1n) is 10.0. The number of nitrogens with one attached hydrogen (secondary N) is 1. The van der Waals surface area contributed by atoms with Gasteiger partial charge in [0.25, 0.3) is 5.69 Å². The van der Waals surface area contributed by atoms with Gasteiger partial charge in [-0.15, -0.1) is 0 Å². The average molecular weight is 417 g/mol. The average Bonchev–Trinajstić information content (AvgIpc) is 2.71. The molecule has 1 N–H and O–H groups in total. The van der Waals surface area contributed by atoms with Crippen molar-refractivity contribution in [3.05, 3.63) is 33.9 Å². The number of hydrogen-bond acceptors (Lipinski definition) is 6. The first-order chi connectivity index (χ1) is 13.8. The molecule has 3 heterocycles. The predicted octanol–water partition coefficient (Wildman–Crippen LogP) is 2.54. The number of amides is 2. The molecule has 2 saturated heterocycles. The number of rotatable bonds is 3. The van der Waals surface area contributed by atoms with Gasteiger partial charge >= 0.3 is 0 Å². The molecule has 3 aliphatic rings. The number of thiocarbonyl (C=S) groups is 1. The van der Waals surface area contributed by atoms with Gasteiger partial charge in [0.1, 0.15) is 0 Å². The zero-order valence-corrected chi connectivity index (χ0v) is 17.3. The molecule has 1 aromatic rings. The highest BCUT2D eigenvalue weighted by Crippen LogP contribution is 2.48. The van der Waals surface area contributed by atoms with Crippen LogP contribution in [0.1, 0.15) is 45.1 Å². The molecule has 29 heavy (non-hydrogen) atoms. The molecule has 2 fully saturated rings. The molecule has 8 nitrogen and oxygen atoms in total. The number of nitro groups is 1. The topological polar surface area (TPSA) is 95.8 Å². The van der Waals surface area contributed by atoms with Gasteiger partial charge in [0.05, 0.1) is 11.0 Å². The predicted molar refractivity (Wildman–Crippen MR) is 112 cm³/mol. The number of fused-ring (bicyclic) bond motifs is 4. The Bertz CT molecular complexity index is 920. The number of anilines is 1. The number of carbonyl (C=O) groups excluding carboxylic acids is 2. The van der Waals surface area contributed by atoms with Crippen LogP contribution in [0.3, 0.4) is 0 Å². The Morgan fingerprint density at radius 1 is 1.38 bits per heavy atom. The minimum Gasteiger partial charge on any atom is -0.367 e. The van der Waals surface area contributed by atoms with Crippen molar-refractivity contribution >= 4 is 40.5 Å². The number of nitro benzene ring substituents is 1. The van der Waals surface area contributed by atoms with Crippen LogP contribution in [-0.4, -0.2) is 45.4 Å². The molecule has 0 aliphatic carbocycles. The van der Waals surface area contributed by atoms with E-state index in [0.717, 1.165) is 24.9 Å². The van der Waals surface area contributed by atoms with Crippen molar-refractivity contribution in [2.45, 2.75) is 58.0 Å². The summed E-state index contributed by atoms with van der Waals surface area (Å²) in [5.74, 6) is -0.671. The molecule has 3 aliphatic heterocycles. The van der Waals surface area contributed by atoms with E-state index in [4.69, 9.17) is 12.2 Å². The Balaban J connectivity index is 1.88. The van der Waals surface area contributed by atoms with Gasteiger partial charge in [-0.25, -0.2) is 0 Å². The highest BCUT2D eigenvalue weighted by Gasteiger charge is 2.61. The third-order valence-corrected chi connectivity index (χ3v) is 6.90. The van der Waals surface area contributed by atoms with Gasteiger partial charge in [0, 0.05) is 36.8 Å². The van der Waals surface area contributed by atoms with Crippen molar-refractivity contribution in [1.82, 2.24) is 10.2 Å². The van der Waals surface area contributed by atoms with Crippen LogP contribution >= 0.6 is 12.2 Å². The molecule has 1 aromatic carbocycles. The second-order valence-corrected chi connectivity index (χ2v) is 8.50. The fraction of sp³-hybridized carbons (Fsp3) is 0.550. The van der Waals surface area contributed by atoms with E-state index in [2.05, 4.69) is 10.2 Å². The van der Waals surface area contributed by atoms with E-state index in [1.54, 1.807) is 6.07 Å². The lowest BCUT2D eigenvalue weighted by Gasteiger charge is -2.54. The van der Waals surface area contributed by atoms with Crippen LogP contribution in [0.4, 0.5) is 11.4 Å². The van der Waals surface area contributed by atoms with Crippen molar-refractivity contribution in [2.24, 2.45) is 5.41 Å². The Labute approximate surface area is 174 Å². The molecule has 2 amide bonds. The monoisotopic (exact) mass is 416 g/mol. The van der Waals surface area contributed by atoms with Crippen LogP contribution in [0.2, 0.25) is 0 Å². The van der Waals surface area contributed by atoms with E-state index in [1.807, 2.05) is 13.8 Å². The maximum atomic E-state index is 13.8. The van der Waals surface area contributed by atoms with Gasteiger partial charge < -0.3 is 10.2 Å². The lowest BCUT2D eigenvalue weighted by Crippen LogP contribution is -2.73. The number of piperidine rings is 1. The van der Waals surface area contributed by atoms with Crippen molar-refractivity contribution < 1.29 is 14.5 Å². The first-order valence-corrected chi connectivity index (χ1v) is 10.4. The molecule has 3 unspecified atom stereocenters. The Kier molecular flexibility index (Phi) is 4.80. The molecule has 0 bridgehead atoms. The number of non-ortho nitro benzene ring substituents is 1. The van der Waals surface area contributed by atoms with Crippen LogP contribution in [0.5, 0.6) is 0 Å². The summed E-state index contributed by atoms with van der Waals surface area (Å²) in [6.45, 7) is 4.59. The zero-order chi connectivity index (χ0) is 20.9. The smallest absolute Gasteiger partial charge is 0.269 e. The normalized spacial score (nSPS) is 27.4. The Morgan fingerprint density at radius 3 is 2.83 bits per heavy atom. The fourth-order valence-electron chi connectivity index (χ4n) is 4.96. The molecule has 0 aromatic heterocycles. The summed E-state index contributed by atoms with van der Waals surface area (Å²) >= 11 is 5.33. The number of nitrogens with zero attached hydrogens (tertiary/aromatic N) is 3. The highest BCUT2D eigenvalue weighted by molar-refractivity contribution is 7.80. The van der Waals surface area contributed by atoms with Crippen LogP contribution in [0.25, 0.3) is 0 Å². The minimum atomic E-state index is -1.33. The summed E-state index contributed by atoms with van der Waals surface area (Å²) in [4.78, 5) is 41.7. The summed E-state index contributed by atoms with van der Waals surface area (Å²) < 4.78 is 0. The summed E-state index contributed by atoms with van der Waals surface area (Å²) in [5.41, 5.74) is 0.189. The van der Waals surface area contributed by atoms with E-state index in [0.29, 0.717) is 18.5 Å². The Hall–Kier alpha value is -2.55. The molecule has 1 spiro atoms. The zero-order valence-electron chi connectivity index (χ0n) is 16.5. The summed E-state index contributed by atoms with van der Waals surface area (Å²) in [7, 11) is 0. The van der Waals surface area contributed by atoms with E-state index < -0.39 is 10.3 Å². The molecule has 154 valence electrons. The van der Waals surface area contributed by atoms with Crippen LogP contribution in [0.15, 0.2) is 18.2 Å². The molecular weight excluding hydrogens is 392 g/mol. The van der Waals surface area contributed by atoms with Gasteiger partial charge in [0.15, 0.2) is 10.5 Å². The molecule has 4 rings (SSSR count). The third-order valence-electron chi connectivity index (χ3n) is 6.60. The number of hydrogen-bond donors (Lipinski definition) is 1. The summed E-state index contributed by atoms with van der Waals surface area (Å²) in [6, 6.07) is 4.32. The van der Waals surface area contributed by atoms with E-state index >= 15 is 0 Å². The lowest BCUT2D eigenvalue weighted by molar-refractivity contribution is -0.384. The highest BCUT2D eigenvalue weighted by atomic mass is 32.1. The molecule has 3 atom stereocenters. The van der Waals surface area contributed by atoms with Gasteiger partial charge in [-0.05, 0) is 56.5 Å². The number of benzene rings is 1. The molecule has 0 radical (unpaired) electrons. The summed E-state index contributed by atoms with van der Waals surface area (Å²) in [5, 5.41) is 14.2. The van der Waals surface area contributed by atoms with E-state index in [1.165, 1.54) is 17.0 Å². The largest absolute Gasteiger partial charge is 0.367 e. The third kappa shape index (κ3) is 2.82. The summed E-state index contributed by atoms with van der Waals surface area (Å²) in [6.07, 6.45) is 3.45. The molecule has 0 saturated carbocycles. The quantitative estimate of drug-likeness (QED) is 0.352. The van der Waals surface area contributed by atoms with Gasteiger partial charge in [-0.2, -0.15) is 0 Å². The lowest BCUT2D eigenvalue weighted by atomic mass is 9.66.